The highest BCUT2D eigenvalue weighted by atomic mass is 16.6. The van der Waals surface area contributed by atoms with Crippen LogP contribution in [0.2, 0.25) is 0 Å². The summed E-state index contributed by atoms with van der Waals surface area (Å²) < 4.78 is 5.69. The Kier molecular flexibility index (Phi) is 3.89. The summed E-state index contributed by atoms with van der Waals surface area (Å²) in [5, 5.41) is 22.6. The van der Waals surface area contributed by atoms with Crippen LogP contribution >= 0.6 is 0 Å². The normalized spacial score (nSPS) is 25.4. The maximum absolute atomic E-state index is 11.3. The minimum absolute atomic E-state index is 0.00104. The molecule has 1 saturated carbocycles. The zero-order chi connectivity index (χ0) is 14.8. The van der Waals surface area contributed by atoms with Crippen LogP contribution in [0.5, 0.6) is 5.75 Å². The molecule has 108 valence electrons. The van der Waals surface area contributed by atoms with E-state index in [1.54, 1.807) is 7.05 Å². The molecule has 1 fully saturated rings. The maximum atomic E-state index is 11.3. The molecular weight excluding hydrogens is 264 g/mol. The van der Waals surface area contributed by atoms with Gasteiger partial charge in [0.05, 0.1) is 4.92 Å². The summed E-state index contributed by atoms with van der Waals surface area (Å²) in [6.07, 6.45) is 1.29. The zero-order valence-electron chi connectivity index (χ0n) is 11.0. The third kappa shape index (κ3) is 2.72. The summed E-state index contributed by atoms with van der Waals surface area (Å²) in [6.45, 7) is 0. The first kappa shape index (κ1) is 14.3. The fourth-order valence-electron chi connectivity index (χ4n) is 2.47. The van der Waals surface area contributed by atoms with Gasteiger partial charge in [0, 0.05) is 18.6 Å². The van der Waals surface area contributed by atoms with Crippen LogP contribution in [0.25, 0.3) is 0 Å². The molecule has 0 saturated heterocycles. The number of aliphatic carboxylic acids is 1. The van der Waals surface area contributed by atoms with E-state index < -0.39 is 16.4 Å². The van der Waals surface area contributed by atoms with E-state index in [2.05, 4.69) is 5.32 Å². The van der Waals surface area contributed by atoms with Crippen molar-refractivity contribution in [2.24, 2.45) is 0 Å². The second kappa shape index (κ2) is 5.46. The van der Waals surface area contributed by atoms with Gasteiger partial charge in [0.15, 0.2) is 0 Å². The molecule has 0 amide bonds. The quantitative estimate of drug-likeness (QED) is 0.627. The minimum Gasteiger partial charge on any atom is -0.490 e. The summed E-state index contributed by atoms with van der Waals surface area (Å²) in [6, 6.07) is 5.79. The third-order valence-electron chi connectivity index (χ3n) is 3.71. The molecule has 0 aromatic heterocycles. The molecule has 0 spiro atoms. The van der Waals surface area contributed by atoms with Gasteiger partial charge in [-0.3, -0.25) is 14.9 Å². The monoisotopic (exact) mass is 280 g/mol. The van der Waals surface area contributed by atoms with Crippen LogP contribution in [0, 0.1) is 10.1 Å². The molecule has 0 aliphatic heterocycles. The van der Waals surface area contributed by atoms with E-state index in [9.17, 15) is 20.0 Å². The smallest absolute Gasteiger partial charge is 0.324 e. The van der Waals surface area contributed by atoms with Crippen LogP contribution in [0.15, 0.2) is 24.3 Å². The molecule has 0 radical (unpaired) electrons. The number of nitro groups is 1. The van der Waals surface area contributed by atoms with Crippen molar-refractivity contribution in [3.05, 3.63) is 34.4 Å². The third-order valence-corrected chi connectivity index (χ3v) is 3.71. The number of nitrogens with zero attached hydrogens (tertiary/aromatic N) is 1. The largest absolute Gasteiger partial charge is 0.490 e. The Morgan fingerprint density at radius 1 is 1.50 bits per heavy atom. The predicted octanol–water partition coefficient (Wildman–Crippen LogP) is 1.57. The number of nitrogens with one attached hydrogen (secondary N) is 1. The number of ether oxygens (including phenoxy) is 1. The Bertz CT molecular complexity index is 516. The van der Waals surface area contributed by atoms with Gasteiger partial charge in [0.2, 0.25) is 0 Å². The minimum atomic E-state index is -0.939. The number of carbonyl (C=O) groups is 1. The van der Waals surface area contributed by atoms with Crippen molar-refractivity contribution in [3.8, 4) is 5.75 Å². The highest BCUT2D eigenvalue weighted by molar-refractivity contribution is 5.79. The van der Waals surface area contributed by atoms with E-state index in [0.29, 0.717) is 25.0 Å². The summed E-state index contributed by atoms with van der Waals surface area (Å²) in [4.78, 5) is 21.3. The molecule has 1 aliphatic carbocycles. The van der Waals surface area contributed by atoms with Gasteiger partial charge in [-0.25, -0.2) is 0 Å². The molecular formula is C13H16N2O5. The standard InChI is InChI=1S/C13H16N2O5/c1-14-13(12(16)17)7-6-11(8-13)20-10-4-2-9(3-5-10)15(18)19/h2-5,11,14H,6-8H2,1H3,(H,16,17). The molecule has 7 heteroatoms. The maximum Gasteiger partial charge on any atom is 0.324 e. The molecule has 1 aromatic carbocycles. The van der Waals surface area contributed by atoms with Crippen LogP contribution in [0.4, 0.5) is 5.69 Å². The lowest BCUT2D eigenvalue weighted by Crippen LogP contribution is -2.48. The van der Waals surface area contributed by atoms with E-state index in [0.717, 1.165) is 0 Å². The van der Waals surface area contributed by atoms with Gasteiger partial charge in [0.1, 0.15) is 17.4 Å². The lowest BCUT2D eigenvalue weighted by atomic mass is 9.98. The average Bonchev–Trinajstić information content (AvgIpc) is 2.84. The number of carboxylic acids is 1. The lowest BCUT2D eigenvalue weighted by Gasteiger charge is -2.23. The van der Waals surface area contributed by atoms with E-state index >= 15 is 0 Å². The Morgan fingerprint density at radius 2 is 2.15 bits per heavy atom. The molecule has 2 N–H and O–H groups in total. The number of non-ortho nitro benzene ring substituents is 1. The van der Waals surface area contributed by atoms with Crippen molar-refractivity contribution in [1.29, 1.82) is 0 Å². The second-order valence-corrected chi connectivity index (χ2v) is 4.87. The van der Waals surface area contributed by atoms with E-state index in [-0.39, 0.29) is 11.8 Å². The van der Waals surface area contributed by atoms with Gasteiger partial charge in [-0.05, 0) is 32.0 Å². The molecule has 20 heavy (non-hydrogen) atoms. The van der Waals surface area contributed by atoms with Gasteiger partial charge >= 0.3 is 5.97 Å². The van der Waals surface area contributed by atoms with Gasteiger partial charge in [0.25, 0.3) is 5.69 Å². The van der Waals surface area contributed by atoms with Gasteiger partial charge in [-0.15, -0.1) is 0 Å². The van der Waals surface area contributed by atoms with Crippen molar-refractivity contribution in [2.45, 2.75) is 30.9 Å². The number of likely N-dealkylation sites (N-methyl/N-ethyl adjacent to an activating group) is 1. The molecule has 1 aromatic rings. The van der Waals surface area contributed by atoms with Crippen LogP contribution in [0.1, 0.15) is 19.3 Å². The molecule has 2 atom stereocenters. The Hall–Kier alpha value is -2.15. The van der Waals surface area contributed by atoms with Crippen molar-refractivity contribution in [2.75, 3.05) is 7.05 Å². The zero-order valence-corrected chi connectivity index (χ0v) is 11.0. The van der Waals surface area contributed by atoms with Crippen LogP contribution in [-0.2, 0) is 4.79 Å². The summed E-state index contributed by atoms with van der Waals surface area (Å²) in [5.41, 5.74) is -0.940. The fraction of sp³-hybridized carbons (Fsp3) is 0.462. The number of hydrogen-bond acceptors (Lipinski definition) is 5. The van der Waals surface area contributed by atoms with E-state index in [1.165, 1.54) is 24.3 Å². The first-order chi connectivity index (χ1) is 9.47. The molecule has 2 unspecified atom stereocenters. The number of benzene rings is 1. The van der Waals surface area contributed by atoms with Gasteiger partial charge < -0.3 is 15.2 Å². The summed E-state index contributed by atoms with van der Waals surface area (Å²) in [7, 11) is 1.63. The highest BCUT2D eigenvalue weighted by Crippen LogP contribution is 2.33. The number of rotatable bonds is 5. The number of carboxylic acid groups (broad SMARTS) is 1. The Morgan fingerprint density at radius 3 is 2.60 bits per heavy atom. The first-order valence-electron chi connectivity index (χ1n) is 6.30. The van der Waals surface area contributed by atoms with Crippen molar-refractivity contribution < 1.29 is 19.6 Å². The van der Waals surface area contributed by atoms with Gasteiger partial charge in [-0.1, -0.05) is 0 Å². The molecule has 0 bridgehead atoms. The van der Waals surface area contributed by atoms with Crippen LogP contribution < -0.4 is 10.1 Å². The van der Waals surface area contributed by atoms with Crippen molar-refractivity contribution >= 4 is 11.7 Å². The van der Waals surface area contributed by atoms with Crippen molar-refractivity contribution in [3.63, 3.8) is 0 Å². The van der Waals surface area contributed by atoms with E-state index in [4.69, 9.17) is 4.74 Å². The van der Waals surface area contributed by atoms with Crippen molar-refractivity contribution in [1.82, 2.24) is 5.32 Å². The van der Waals surface area contributed by atoms with Crippen LogP contribution in [-0.4, -0.2) is 34.7 Å². The Balaban J connectivity index is 2.01. The highest BCUT2D eigenvalue weighted by Gasteiger charge is 2.45. The van der Waals surface area contributed by atoms with E-state index in [1.807, 2.05) is 0 Å². The molecule has 2 rings (SSSR count). The second-order valence-electron chi connectivity index (χ2n) is 4.87. The summed E-state index contributed by atoms with van der Waals surface area (Å²) >= 11 is 0. The lowest BCUT2D eigenvalue weighted by molar-refractivity contribution is -0.384. The topological polar surface area (TPSA) is 102 Å². The average molecular weight is 280 g/mol. The van der Waals surface area contributed by atoms with Gasteiger partial charge in [-0.2, -0.15) is 0 Å². The van der Waals surface area contributed by atoms with Crippen LogP contribution in [0.3, 0.4) is 0 Å². The summed E-state index contributed by atoms with van der Waals surface area (Å²) in [5.74, 6) is -0.368. The Labute approximate surface area is 115 Å². The molecule has 7 nitrogen and oxygen atoms in total. The number of hydrogen-bond donors (Lipinski definition) is 2. The first-order valence-corrected chi connectivity index (χ1v) is 6.30. The SMILES string of the molecule is CNC1(C(=O)O)CCC(Oc2ccc([N+](=O)[O-])cc2)C1. The number of nitro benzene ring substituents is 1. The molecule has 0 heterocycles. The molecule has 1 aliphatic rings. The fourth-order valence-corrected chi connectivity index (χ4v) is 2.47. The predicted molar refractivity (Wildman–Crippen MR) is 70.8 cm³/mol.